The largest absolute Gasteiger partial charge is 0.272 e. The van der Waals surface area contributed by atoms with Gasteiger partial charge in [0.2, 0.25) is 0 Å². The number of hydrogen-bond acceptors (Lipinski definition) is 3. The maximum absolute atomic E-state index is 14.0. The van der Waals surface area contributed by atoms with Crippen molar-refractivity contribution >= 4 is 15.9 Å². The van der Waals surface area contributed by atoms with Gasteiger partial charge in [0.25, 0.3) is 0 Å². The first-order valence-corrected chi connectivity index (χ1v) is 6.89. The molecule has 1 unspecified atom stereocenters. The number of nitrogens with two attached hydrogens (primary N) is 1. The molecular weight excluding hydrogens is 311 g/mol. The lowest BCUT2D eigenvalue weighted by atomic mass is 10.0. The molecule has 0 amide bonds. The molecule has 2 aromatic rings. The highest BCUT2D eigenvalue weighted by Crippen LogP contribution is 2.30. The van der Waals surface area contributed by atoms with Crippen LogP contribution >= 0.6 is 15.9 Å². The highest BCUT2D eigenvalue weighted by Gasteiger charge is 2.20. The van der Waals surface area contributed by atoms with Crippen LogP contribution in [0.2, 0.25) is 0 Å². The van der Waals surface area contributed by atoms with Gasteiger partial charge in [0.15, 0.2) is 0 Å². The average molecular weight is 327 g/mol. The van der Waals surface area contributed by atoms with E-state index in [0.29, 0.717) is 10.0 Å². The lowest BCUT2D eigenvalue weighted by Gasteiger charge is -2.17. The van der Waals surface area contributed by atoms with Crippen molar-refractivity contribution in [3.63, 3.8) is 0 Å². The molecule has 0 bridgehead atoms. The number of nitrogens with zero attached hydrogens (tertiary/aromatic N) is 2. The Morgan fingerprint density at radius 1 is 1.53 bits per heavy atom. The molecule has 0 aliphatic carbocycles. The maximum Gasteiger partial charge on any atom is 0.129 e. The molecule has 0 saturated heterocycles. The van der Waals surface area contributed by atoms with E-state index < -0.39 is 6.04 Å². The van der Waals surface area contributed by atoms with Crippen molar-refractivity contribution < 1.29 is 4.39 Å². The van der Waals surface area contributed by atoms with Gasteiger partial charge in [-0.05, 0) is 18.6 Å². The Labute approximate surface area is 119 Å². The van der Waals surface area contributed by atoms with Gasteiger partial charge in [0.1, 0.15) is 5.82 Å². The van der Waals surface area contributed by atoms with Crippen LogP contribution in [0.4, 0.5) is 4.39 Å². The molecular formula is C13H16BrFN4. The molecule has 1 aromatic heterocycles. The van der Waals surface area contributed by atoms with Crippen LogP contribution in [0.1, 0.15) is 30.5 Å². The maximum atomic E-state index is 14.0. The van der Waals surface area contributed by atoms with Crippen LogP contribution in [0.5, 0.6) is 0 Å². The number of aromatic nitrogens is 2. The number of halogens is 2. The molecule has 102 valence electrons. The second-order valence-corrected chi connectivity index (χ2v) is 5.13. The molecule has 19 heavy (non-hydrogen) atoms. The minimum Gasteiger partial charge on any atom is -0.272 e. The van der Waals surface area contributed by atoms with Gasteiger partial charge in [-0.25, -0.2) is 9.82 Å². The molecule has 0 aliphatic heterocycles. The van der Waals surface area contributed by atoms with E-state index in [1.807, 2.05) is 10.9 Å². The number of aryl methyl sites for hydroxylation is 1. The Hall–Kier alpha value is -1.24. The van der Waals surface area contributed by atoms with E-state index in [1.165, 1.54) is 6.07 Å². The smallest absolute Gasteiger partial charge is 0.129 e. The van der Waals surface area contributed by atoms with Crippen molar-refractivity contribution in [2.75, 3.05) is 0 Å². The van der Waals surface area contributed by atoms with E-state index in [-0.39, 0.29) is 5.82 Å². The summed E-state index contributed by atoms with van der Waals surface area (Å²) in [6, 6.07) is 4.43. The SMILES string of the molecule is CCCn1cc(C(NN)c2c(F)cccc2Br)cn1. The molecule has 4 nitrogen and oxygen atoms in total. The normalized spacial score (nSPS) is 12.6. The zero-order valence-electron chi connectivity index (χ0n) is 10.6. The van der Waals surface area contributed by atoms with Crippen LogP contribution < -0.4 is 11.3 Å². The number of rotatable bonds is 5. The lowest BCUT2D eigenvalue weighted by molar-refractivity contribution is 0.556. The fraction of sp³-hybridized carbons (Fsp3) is 0.308. The van der Waals surface area contributed by atoms with E-state index in [4.69, 9.17) is 5.84 Å². The molecule has 6 heteroatoms. The first kappa shape index (κ1) is 14.2. The third kappa shape index (κ3) is 3.02. The van der Waals surface area contributed by atoms with Crippen molar-refractivity contribution in [3.05, 3.63) is 52.0 Å². The second-order valence-electron chi connectivity index (χ2n) is 4.27. The Morgan fingerprint density at radius 2 is 2.32 bits per heavy atom. The molecule has 0 fully saturated rings. The average Bonchev–Trinajstić information content (AvgIpc) is 2.83. The summed E-state index contributed by atoms with van der Waals surface area (Å²) in [5.41, 5.74) is 3.97. The van der Waals surface area contributed by atoms with Crippen molar-refractivity contribution in [2.45, 2.75) is 25.9 Å². The first-order valence-electron chi connectivity index (χ1n) is 6.09. The quantitative estimate of drug-likeness (QED) is 0.656. The molecule has 1 aromatic carbocycles. The van der Waals surface area contributed by atoms with Crippen LogP contribution in [0.15, 0.2) is 35.1 Å². The fourth-order valence-corrected chi connectivity index (χ4v) is 2.58. The van der Waals surface area contributed by atoms with Crippen LogP contribution in [0.3, 0.4) is 0 Å². The molecule has 0 radical (unpaired) electrons. The minimum atomic E-state index is -0.429. The summed E-state index contributed by atoms with van der Waals surface area (Å²) in [4.78, 5) is 0. The Kier molecular flexibility index (Phi) is 4.68. The number of benzene rings is 1. The Morgan fingerprint density at radius 3 is 2.95 bits per heavy atom. The molecule has 0 aliphatic rings. The highest BCUT2D eigenvalue weighted by molar-refractivity contribution is 9.10. The van der Waals surface area contributed by atoms with E-state index in [0.717, 1.165) is 18.5 Å². The highest BCUT2D eigenvalue weighted by atomic mass is 79.9. The van der Waals surface area contributed by atoms with E-state index in [1.54, 1.807) is 18.3 Å². The summed E-state index contributed by atoms with van der Waals surface area (Å²) in [5, 5.41) is 4.24. The zero-order chi connectivity index (χ0) is 13.8. The molecule has 2 rings (SSSR count). The summed E-state index contributed by atoms with van der Waals surface area (Å²) in [5.74, 6) is 5.28. The number of hydrazine groups is 1. The van der Waals surface area contributed by atoms with Gasteiger partial charge < -0.3 is 0 Å². The molecule has 3 N–H and O–H groups in total. The summed E-state index contributed by atoms with van der Waals surface area (Å²) >= 11 is 3.36. The molecule has 1 atom stereocenters. The lowest BCUT2D eigenvalue weighted by Crippen LogP contribution is -2.29. The minimum absolute atomic E-state index is 0.305. The van der Waals surface area contributed by atoms with Crippen molar-refractivity contribution in [2.24, 2.45) is 5.84 Å². The van der Waals surface area contributed by atoms with Gasteiger partial charge in [0.05, 0.1) is 12.2 Å². The predicted octanol–water partition coefficient (Wildman–Crippen LogP) is 2.75. The predicted molar refractivity (Wildman–Crippen MR) is 75.8 cm³/mol. The number of nitrogens with one attached hydrogen (secondary N) is 1. The zero-order valence-corrected chi connectivity index (χ0v) is 12.2. The summed E-state index contributed by atoms with van der Waals surface area (Å²) in [6.07, 6.45) is 4.58. The summed E-state index contributed by atoms with van der Waals surface area (Å²) < 4.78 is 16.5. The topological polar surface area (TPSA) is 55.9 Å². The number of hydrogen-bond donors (Lipinski definition) is 2. The van der Waals surface area contributed by atoms with Crippen LogP contribution in [0.25, 0.3) is 0 Å². The van der Waals surface area contributed by atoms with Crippen molar-refractivity contribution in [3.8, 4) is 0 Å². The van der Waals surface area contributed by atoms with E-state index in [2.05, 4.69) is 33.4 Å². The third-order valence-electron chi connectivity index (χ3n) is 2.89. The molecule has 0 saturated carbocycles. The van der Waals surface area contributed by atoms with Crippen LogP contribution in [-0.2, 0) is 6.54 Å². The molecule has 1 heterocycles. The first-order chi connectivity index (χ1) is 9.17. The molecule has 0 spiro atoms. The van der Waals surface area contributed by atoms with Gasteiger partial charge in [-0.3, -0.25) is 10.5 Å². The van der Waals surface area contributed by atoms with Crippen LogP contribution in [0, 0.1) is 5.82 Å². The van der Waals surface area contributed by atoms with Gasteiger partial charge in [-0.2, -0.15) is 5.10 Å². The standard InChI is InChI=1S/C13H16BrFN4/c1-2-6-19-8-9(7-17-19)13(18-16)12-10(14)4-3-5-11(12)15/h3-5,7-8,13,18H,2,6,16H2,1H3. The van der Waals surface area contributed by atoms with Gasteiger partial charge in [-0.1, -0.05) is 28.9 Å². The monoisotopic (exact) mass is 326 g/mol. The second kappa shape index (κ2) is 6.27. The van der Waals surface area contributed by atoms with Crippen molar-refractivity contribution in [1.82, 2.24) is 15.2 Å². The van der Waals surface area contributed by atoms with Crippen molar-refractivity contribution in [1.29, 1.82) is 0 Å². The van der Waals surface area contributed by atoms with E-state index in [9.17, 15) is 4.39 Å². The summed E-state index contributed by atoms with van der Waals surface area (Å²) in [7, 11) is 0. The summed E-state index contributed by atoms with van der Waals surface area (Å²) in [6.45, 7) is 2.91. The Bertz CT molecular complexity index is 535. The van der Waals surface area contributed by atoms with Gasteiger partial charge in [-0.15, -0.1) is 0 Å². The van der Waals surface area contributed by atoms with Gasteiger partial charge >= 0.3 is 0 Å². The fourth-order valence-electron chi connectivity index (χ4n) is 2.01. The Balaban J connectivity index is 2.38. The third-order valence-corrected chi connectivity index (χ3v) is 3.59. The van der Waals surface area contributed by atoms with E-state index >= 15 is 0 Å². The van der Waals surface area contributed by atoms with Gasteiger partial charge in [0, 0.05) is 28.3 Å². The van der Waals surface area contributed by atoms with Crippen LogP contribution in [-0.4, -0.2) is 9.78 Å².